The molecule has 0 spiro atoms. The highest BCUT2D eigenvalue weighted by Gasteiger charge is 2.12. The highest BCUT2D eigenvalue weighted by Crippen LogP contribution is 2.34. The van der Waals surface area contributed by atoms with E-state index in [0.717, 1.165) is 13.2 Å². The standard InChI is InChI=1S/C3H8NO2P/c1-5-7-4-2-3-6-7/h4H,2-3H2,1H3. The van der Waals surface area contributed by atoms with E-state index in [1.54, 1.807) is 7.11 Å². The molecule has 1 rings (SSSR count). The molecule has 0 aromatic rings. The molecule has 1 aliphatic heterocycles. The van der Waals surface area contributed by atoms with E-state index in [1.807, 2.05) is 0 Å². The zero-order valence-electron chi connectivity index (χ0n) is 4.18. The minimum atomic E-state index is -0.693. The van der Waals surface area contributed by atoms with Crippen LogP contribution in [0.2, 0.25) is 0 Å². The molecule has 1 atom stereocenters. The van der Waals surface area contributed by atoms with Gasteiger partial charge in [0.15, 0.2) is 0 Å². The van der Waals surface area contributed by atoms with Gasteiger partial charge in [-0.3, -0.25) is 0 Å². The Hall–Kier alpha value is 0.310. The van der Waals surface area contributed by atoms with E-state index in [1.165, 1.54) is 0 Å². The van der Waals surface area contributed by atoms with Crippen molar-refractivity contribution in [3.63, 3.8) is 0 Å². The molecule has 0 amide bonds. The third-order valence-electron chi connectivity index (χ3n) is 0.717. The molecule has 1 aliphatic rings. The Labute approximate surface area is 44.0 Å². The van der Waals surface area contributed by atoms with Gasteiger partial charge < -0.3 is 9.05 Å². The molecule has 1 heterocycles. The minimum absolute atomic E-state index is 0.693. The van der Waals surface area contributed by atoms with Gasteiger partial charge in [0.05, 0.1) is 6.61 Å². The van der Waals surface area contributed by atoms with Crippen LogP contribution in [0.5, 0.6) is 0 Å². The van der Waals surface area contributed by atoms with Crippen LogP contribution in [0, 0.1) is 0 Å². The summed E-state index contributed by atoms with van der Waals surface area (Å²) in [5, 5.41) is 3.03. The summed E-state index contributed by atoms with van der Waals surface area (Å²) in [6.07, 6.45) is 0. The molecule has 3 nitrogen and oxygen atoms in total. The Morgan fingerprint density at radius 1 is 1.86 bits per heavy atom. The number of nitrogens with one attached hydrogen (secondary N) is 1. The van der Waals surface area contributed by atoms with Crippen molar-refractivity contribution >= 4 is 8.53 Å². The second kappa shape index (κ2) is 2.58. The number of rotatable bonds is 1. The van der Waals surface area contributed by atoms with Crippen LogP contribution in [0.3, 0.4) is 0 Å². The average Bonchev–Trinajstić information content (AvgIpc) is 2.14. The summed E-state index contributed by atoms with van der Waals surface area (Å²) in [6.45, 7) is 1.72. The Kier molecular flexibility index (Phi) is 2.00. The van der Waals surface area contributed by atoms with Gasteiger partial charge >= 0.3 is 0 Å². The average molecular weight is 121 g/mol. The highest BCUT2D eigenvalue weighted by molar-refractivity contribution is 7.45. The van der Waals surface area contributed by atoms with Crippen molar-refractivity contribution in [3.8, 4) is 0 Å². The normalized spacial score (nSPS) is 31.3. The Balaban J connectivity index is 2.14. The largest absolute Gasteiger partial charge is 0.325 e. The van der Waals surface area contributed by atoms with Crippen LogP contribution in [0.4, 0.5) is 0 Å². The van der Waals surface area contributed by atoms with E-state index in [-0.39, 0.29) is 0 Å². The van der Waals surface area contributed by atoms with E-state index in [4.69, 9.17) is 9.05 Å². The number of hydrogen-bond acceptors (Lipinski definition) is 3. The van der Waals surface area contributed by atoms with Crippen molar-refractivity contribution in [3.05, 3.63) is 0 Å². The van der Waals surface area contributed by atoms with E-state index in [2.05, 4.69) is 5.09 Å². The summed E-state index contributed by atoms with van der Waals surface area (Å²) in [6, 6.07) is 0. The smallest absolute Gasteiger partial charge is 0.255 e. The third kappa shape index (κ3) is 1.35. The fourth-order valence-corrected chi connectivity index (χ4v) is 1.29. The fraction of sp³-hybridized carbons (Fsp3) is 1.00. The topological polar surface area (TPSA) is 30.5 Å². The van der Waals surface area contributed by atoms with Gasteiger partial charge in [-0.2, -0.15) is 0 Å². The summed E-state index contributed by atoms with van der Waals surface area (Å²) in [7, 11) is 0.950. The summed E-state index contributed by atoms with van der Waals surface area (Å²) < 4.78 is 9.88. The van der Waals surface area contributed by atoms with E-state index < -0.39 is 8.53 Å². The van der Waals surface area contributed by atoms with Crippen LogP contribution in [0.15, 0.2) is 0 Å². The molecular weight excluding hydrogens is 113 g/mol. The first-order valence-corrected chi connectivity index (χ1v) is 3.32. The van der Waals surface area contributed by atoms with Gasteiger partial charge in [0.25, 0.3) is 8.53 Å². The quantitative estimate of drug-likeness (QED) is 0.512. The SMILES string of the molecule is COP1NCCO1. The molecule has 1 saturated heterocycles. The van der Waals surface area contributed by atoms with Crippen molar-refractivity contribution in [1.29, 1.82) is 0 Å². The van der Waals surface area contributed by atoms with E-state index in [0.29, 0.717) is 0 Å². The lowest BCUT2D eigenvalue weighted by Gasteiger charge is -2.01. The van der Waals surface area contributed by atoms with Crippen LogP contribution in [0.25, 0.3) is 0 Å². The van der Waals surface area contributed by atoms with E-state index >= 15 is 0 Å². The van der Waals surface area contributed by atoms with Crippen LogP contribution >= 0.6 is 8.53 Å². The maximum atomic E-state index is 5.03. The van der Waals surface area contributed by atoms with Crippen LogP contribution in [0.1, 0.15) is 0 Å². The molecule has 0 aromatic heterocycles. The predicted octanol–water partition coefficient (Wildman–Crippen LogP) is 0.479. The van der Waals surface area contributed by atoms with Crippen LogP contribution in [-0.4, -0.2) is 20.3 Å². The second-order valence-electron chi connectivity index (χ2n) is 1.18. The van der Waals surface area contributed by atoms with Gasteiger partial charge in [0, 0.05) is 13.7 Å². The Morgan fingerprint density at radius 2 is 2.71 bits per heavy atom. The van der Waals surface area contributed by atoms with Crippen molar-refractivity contribution in [2.24, 2.45) is 0 Å². The van der Waals surface area contributed by atoms with Crippen molar-refractivity contribution in [1.82, 2.24) is 5.09 Å². The first-order valence-electron chi connectivity index (χ1n) is 2.14. The monoisotopic (exact) mass is 121 g/mol. The highest BCUT2D eigenvalue weighted by atomic mass is 31.2. The fourth-order valence-electron chi connectivity index (χ4n) is 0.428. The molecule has 0 bridgehead atoms. The molecule has 0 aliphatic carbocycles. The molecule has 1 fully saturated rings. The van der Waals surface area contributed by atoms with Crippen molar-refractivity contribution < 1.29 is 9.05 Å². The molecule has 42 valence electrons. The Bertz CT molecular complexity index is 54.9. The summed E-state index contributed by atoms with van der Waals surface area (Å²) in [5.41, 5.74) is 0. The molecule has 0 saturated carbocycles. The van der Waals surface area contributed by atoms with Crippen LogP contribution in [-0.2, 0) is 9.05 Å². The van der Waals surface area contributed by atoms with Gasteiger partial charge in [0.1, 0.15) is 0 Å². The first kappa shape index (κ1) is 5.45. The van der Waals surface area contributed by atoms with Crippen molar-refractivity contribution in [2.45, 2.75) is 0 Å². The maximum Gasteiger partial charge on any atom is 0.255 e. The molecule has 7 heavy (non-hydrogen) atoms. The van der Waals surface area contributed by atoms with E-state index in [9.17, 15) is 0 Å². The lowest BCUT2D eigenvalue weighted by atomic mass is 10.8. The molecule has 1 N–H and O–H groups in total. The maximum absolute atomic E-state index is 5.03. The molecule has 0 aromatic carbocycles. The van der Waals surface area contributed by atoms with Crippen LogP contribution < -0.4 is 5.09 Å². The predicted molar refractivity (Wildman–Crippen MR) is 27.9 cm³/mol. The van der Waals surface area contributed by atoms with Gasteiger partial charge in [-0.1, -0.05) is 0 Å². The summed E-state index contributed by atoms with van der Waals surface area (Å²) in [4.78, 5) is 0. The summed E-state index contributed by atoms with van der Waals surface area (Å²) in [5.74, 6) is 0. The lowest BCUT2D eigenvalue weighted by molar-refractivity contribution is 0.322. The lowest BCUT2D eigenvalue weighted by Crippen LogP contribution is -1.99. The Morgan fingerprint density at radius 3 is 3.00 bits per heavy atom. The van der Waals surface area contributed by atoms with Crippen molar-refractivity contribution in [2.75, 3.05) is 20.3 Å². The number of hydrogen-bond donors (Lipinski definition) is 1. The van der Waals surface area contributed by atoms with Gasteiger partial charge in [-0.15, -0.1) is 0 Å². The summed E-state index contributed by atoms with van der Waals surface area (Å²) >= 11 is 0. The van der Waals surface area contributed by atoms with Gasteiger partial charge in [0.2, 0.25) is 0 Å². The van der Waals surface area contributed by atoms with Gasteiger partial charge in [-0.25, -0.2) is 5.09 Å². The molecule has 0 radical (unpaired) electrons. The third-order valence-corrected chi connectivity index (χ3v) is 1.95. The zero-order valence-corrected chi connectivity index (χ0v) is 5.07. The molecular formula is C3H8NO2P. The zero-order chi connectivity index (χ0) is 5.11. The van der Waals surface area contributed by atoms with Gasteiger partial charge in [-0.05, 0) is 0 Å². The molecule has 4 heteroatoms. The molecule has 1 unspecified atom stereocenters. The second-order valence-corrected chi connectivity index (χ2v) is 2.63. The minimum Gasteiger partial charge on any atom is -0.325 e. The first-order chi connectivity index (χ1) is 3.43.